The maximum Gasteiger partial charge on any atom is 0.573 e. The van der Waals surface area contributed by atoms with E-state index in [9.17, 15) is 26.7 Å². The normalized spacial score (nSPS) is 13.5. The van der Waals surface area contributed by atoms with Gasteiger partial charge in [-0.05, 0) is 24.6 Å². The molecule has 8 heteroatoms. The van der Waals surface area contributed by atoms with Crippen molar-refractivity contribution < 1.29 is 31.5 Å². The van der Waals surface area contributed by atoms with Gasteiger partial charge in [-0.15, -0.1) is 13.2 Å². The Labute approximate surface area is 113 Å². The molecule has 0 saturated heterocycles. The molecule has 0 radical (unpaired) electrons. The van der Waals surface area contributed by atoms with Crippen LogP contribution in [0, 0.1) is 0 Å². The largest absolute Gasteiger partial charge is 0.573 e. The monoisotopic (exact) mass is 346 g/mol. The minimum absolute atomic E-state index is 0.136. The van der Waals surface area contributed by atoms with E-state index in [1.165, 1.54) is 6.92 Å². The number of alkyl halides is 6. The zero-order valence-corrected chi connectivity index (χ0v) is 11.1. The molecule has 0 saturated carbocycles. The van der Waals surface area contributed by atoms with Crippen molar-refractivity contribution in [3.05, 3.63) is 29.3 Å². The molecule has 0 aliphatic heterocycles. The Morgan fingerprint density at radius 2 is 1.89 bits per heavy atom. The SMILES string of the molecule is CC(=O)C(Br)c1ccc(OC(F)(F)F)c(C(F)F)c1. The lowest BCUT2D eigenvalue weighted by Crippen LogP contribution is -2.18. The number of hydrogen-bond donors (Lipinski definition) is 0. The molecule has 1 unspecified atom stereocenters. The molecule has 0 spiro atoms. The zero-order chi connectivity index (χ0) is 14.8. The van der Waals surface area contributed by atoms with Crippen LogP contribution in [0.15, 0.2) is 18.2 Å². The van der Waals surface area contributed by atoms with Crippen LogP contribution in [0.25, 0.3) is 0 Å². The molecule has 0 N–H and O–H groups in total. The van der Waals surface area contributed by atoms with Gasteiger partial charge in [-0.3, -0.25) is 4.79 Å². The van der Waals surface area contributed by atoms with Crippen molar-refractivity contribution in [3.8, 4) is 5.75 Å². The Morgan fingerprint density at radius 1 is 1.32 bits per heavy atom. The molecule has 0 aliphatic rings. The predicted octanol–water partition coefficient (Wildman–Crippen LogP) is 4.55. The van der Waals surface area contributed by atoms with Gasteiger partial charge in [0.2, 0.25) is 0 Å². The summed E-state index contributed by atoms with van der Waals surface area (Å²) < 4.78 is 65.0. The maximum absolute atomic E-state index is 12.7. The highest BCUT2D eigenvalue weighted by Gasteiger charge is 2.33. The fourth-order valence-corrected chi connectivity index (χ4v) is 1.63. The summed E-state index contributed by atoms with van der Waals surface area (Å²) in [6.07, 6.45) is -8.21. The summed E-state index contributed by atoms with van der Waals surface area (Å²) in [6, 6.07) is 2.70. The van der Waals surface area contributed by atoms with Crippen molar-refractivity contribution in [2.24, 2.45) is 0 Å². The molecule has 1 atom stereocenters. The number of benzene rings is 1. The van der Waals surface area contributed by atoms with Crippen LogP contribution in [-0.4, -0.2) is 12.1 Å². The molecule has 0 bridgehead atoms. The summed E-state index contributed by atoms with van der Waals surface area (Å²) in [4.78, 5) is 10.2. The molecule has 0 amide bonds. The Bertz CT molecular complexity index is 473. The van der Waals surface area contributed by atoms with Gasteiger partial charge >= 0.3 is 6.36 Å². The Balaban J connectivity index is 3.19. The van der Waals surface area contributed by atoms with Crippen LogP contribution >= 0.6 is 15.9 Å². The Hall–Kier alpha value is -1.18. The second-order valence-electron chi connectivity index (χ2n) is 3.62. The van der Waals surface area contributed by atoms with Crippen molar-refractivity contribution in [2.45, 2.75) is 24.5 Å². The second kappa shape index (κ2) is 5.85. The molecule has 106 valence electrons. The molecule has 1 aromatic rings. The summed E-state index contributed by atoms with van der Waals surface area (Å²) in [5.41, 5.74) is -0.780. The second-order valence-corrected chi connectivity index (χ2v) is 4.53. The summed E-state index contributed by atoms with van der Waals surface area (Å²) >= 11 is 2.96. The van der Waals surface area contributed by atoms with Gasteiger partial charge in [0.25, 0.3) is 6.43 Å². The van der Waals surface area contributed by atoms with Crippen molar-refractivity contribution in [1.82, 2.24) is 0 Å². The molecule has 1 aromatic carbocycles. The Morgan fingerprint density at radius 3 is 2.32 bits per heavy atom. The Kier molecular flexibility index (Phi) is 4.89. The highest BCUT2D eigenvalue weighted by atomic mass is 79.9. The molecule has 0 aromatic heterocycles. The van der Waals surface area contributed by atoms with Crippen molar-refractivity contribution in [2.75, 3.05) is 0 Å². The molecule has 0 fully saturated rings. The van der Waals surface area contributed by atoms with Crippen molar-refractivity contribution in [3.63, 3.8) is 0 Å². The number of ether oxygens (including phenoxy) is 1. The maximum atomic E-state index is 12.7. The molecule has 1 rings (SSSR count). The third kappa shape index (κ3) is 4.45. The van der Waals surface area contributed by atoms with Crippen LogP contribution < -0.4 is 4.74 Å². The number of rotatable bonds is 4. The molecule has 0 heterocycles. The van der Waals surface area contributed by atoms with Crippen molar-refractivity contribution in [1.29, 1.82) is 0 Å². The number of halogens is 6. The van der Waals surface area contributed by atoms with Gasteiger partial charge in [0.05, 0.1) is 10.4 Å². The van der Waals surface area contributed by atoms with Gasteiger partial charge < -0.3 is 4.74 Å². The fourth-order valence-electron chi connectivity index (χ4n) is 1.35. The fraction of sp³-hybridized carbons (Fsp3) is 0.364. The lowest BCUT2D eigenvalue weighted by molar-refractivity contribution is -0.275. The number of Topliss-reactive ketones (excluding diaryl/α,β-unsaturated/α-hetero) is 1. The summed E-state index contributed by atoms with van der Waals surface area (Å²) in [5.74, 6) is -1.33. The molecule has 0 aliphatic carbocycles. The quantitative estimate of drug-likeness (QED) is 0.590. The molecular weight excluding hydrogens is 339 g/mol. The summed E-state index contributed by atoms with van der Waals surface area (Å²) in [5, 5.41) is 0. The zero-order valence-electron chi connectivity index (χ0n) is 9.47. The van der Waals surface area contributed by atoms with E-state index in [0.29, 0.717) is 0 Å². The van der Waals surface area contributed by atoms with Crippen LogP contribution in [0.4, 0.5) is 22.0 Å². The van der Waals surface area contributed by atoms with E-state index < -0.39 is 28.9 Å². The average Bonchev–Trinajstić information content (AvgIpc) is 2.26. The van der Waals surface area contributed by atoms with E-state index in [1.54, 1.807) is 0 Å². The van der Waals surface area contributed by atoms with Crippen LogP contribution in [0.2, 0.25) is 0 Å². The van der Waals surface area contributed by atoms with Crippen LogP contribution in [0.5, 0.6) is 5.75 Å². The van der Waals surface area contributed by atoms with Gasteiger partial charge in [0.1, 0.15) is 11.5 Å². The van der Waals surface area contributed by atoms with Gasteiger partial charge in [0, 0.05) is 0 Å². The summed E-state index contributed by atoms with van der Waals surface area (Å²) in [6.45, 7) is 1.22. The van der Waals surface area contributed by atoms with Crippen LogP contribution in [0.1, 0.15) is 29.3 Å². The highest BCUT2D eigenvalue weighted by molar-refractivity contribution is 9.09. The standard InChI is InChI=1S/C11H8BrF5O2/c1-5(18)9(12)6-2-3-8(19-11(15,16)17)7(4-6)10(13)14/h2-4,9-10H,1H3. The van der Waals surface area contributed by atoms with E-state index in [1.807, 2.05) is 0 Å². The number of carbonyl (C=O) groups is 1. The number of carbonyl (C=O) groups excluding carboxylic acids is 1. The minimum atomic E-state index is -5.06. The van der Waals surface area contributed by atoms with Gasteiger partial charge in [-0.2, -0.15) is 0 Å². The van der Waals surface area contributed by atoms with E-state index in [4.69, 9.17) is 0 Å². The van der Waals surface area contributed by atoms with Crippen molar-refractivity contribution >= 4 is 21.7 Å². The van der Waals surface area contributed by atoms with Gasteiger partial charge in [-0.25, -0.2) is 8.78 Å². The lowest BCUT2D eigenvalue weighted by Gasteiger charge is -2.15. The molecular formula is C11H8BrF5O2. The highest BCUT2D eigenvalue weighted by Crippen LogP contribution is 2.36. The van der Waals surface area contributed by atoms with E-state index in [-0.39, 0.29) is 11.3 Å². The average molecular weight is 347 g/mol. The first kappa shape index (κ1) is 15.9. The molecule has 2 nitrogen and oxygen atoms in total. The van der Waals surface area contributed by atoms with E-state index in [2.05, 4.69) is 20.7 Å². The third-order valence-corrected chi connectivity index (χ3v) is 3.32. The number of hydrogen-bond acceptors (Lipinski definition) is 2. The summed E-state index contributed by atoms with van der Waals surface area (Å²) in [7, 11) is 0. The minimum Gasteiger partial charge on any atom is -0.405 e. The van der Waals surface area contributed by atoms with Gasteiger partial charge in [0.15, 0.2) is 0 Å². The first-order chi connectivity index (χ1) is 8.61. The topological polar surface area (TPSA) is 26.3 Å². The van der Waals surface area contributed by atoms with E-state index in [0.717, 1.165) is 18.2 Å². The molecule has 19 heavy (non-hydrogen) atoms. The van der Waals surface area contributed by atoms with Crippen LogP contribution in [-0.2, 0) is 4.79 Å². The smallest absolute Gasteiger partial charge is 0.405 e. The number of ketones is 1. The van der Waals surface area contributed by atoms with Crippen LogP contribution in [0.3, 0.4) is 0 Å². The van der Waals surface area contributed by atoms with E-state index >= 15 is 0 Å². The lowest BCUT2D eigenvalue weighted by atomic mass is 10.1. The third-order valence-electron chi connectivity index (χ3n) is 2.14. The first-order valence-corrected chi connectivity index (χ1v) is 5.85. The first-order valence-electron chi connectivity index (χ1n) is 4.94. The van der Waals surface area contributed by atoms with Gasteiger partial charge in [-0.1, -0.05) is 22.0 Å². The predicted molar refractivity (Wildman–Crippen MR) is 60.4 cm³/mol.